The lowest BCUT2D eigenvalue weighted by atomic mass is 10.4. The van der Waals surface area contributed by atoms with E-state index < -0.39 is 0 Å². The number of hydrogen-bond donors (Lipinski definition) is 2. The molecule has 0 aliphatic rings. The lowest BCUT2D eigenvalue weighted by molar-refractivity contribution is 0.102. The molecule has 0 spiro atoms. The van der Waals surface area contributed by atoms with Crippen molar-refractivity contribution in [3.8, 4) is 0 Å². The summed E-state index contributed by atoms with van der Waals surface area (Å²) in [6.07, 6.45) is 2.62. The Labute approximate surface area is 94.9 Å². The fraction of sp³-hybridized carbons (Fsp3) is 0.125. The van der Waals surface area contributed by atoms with Crippen molar-refractivity contribution in [3.63, 3.8) is 0 Å². The maximum Gasteiger partial charge on any atom is 0.277 e. The number of nitrogens with zero attached hydrogens (tertiary/aromatic N) is 4. The van der Waals surface area contributed by atoms with E-state index in [1.54, 1.807) is 6.92 Å². The third-order valence-corrected chi connectivity index (χ3v) is 2.37. The van der Waals surface area contributed by atoms with Crippen LogP contribution in [0.3, 0.4) is 0 Å². The van der Waals surface area contributed by atoms with Gasteiger partial charge in [-0.2, -0.15) is 4.37 Å². The molecule has 0 saturated heterocycles. The first-order chi connectivity index (χ1) is 7.65. The Kier molecular flexibility index (Phi) is 2.73. The minimum atomic E-state index is -0.386. The van der Waals surface area contributed by atoms with E-state index in [9.17, 15) is 4.79 Å². The Hall–Kier alpha value is -2.09. The minimum Gasteiger partial charge on any atom is -0.382 e. The average Bonchev–Trinajstić information content (AvgIpc) is 2.65. The number of nitrogen functional groups attached to an aromatic ring is 1. The number of carbonyl (C=O) groups excluding carboxylic acids is 1. The Morgan fingerprint density at radius 3 is 2.81 bits per heavy atom. The smallest absolute Gasteiger partial charge is 0.277 e. The molecule has 0 atom stereocenters. The van der Waals surface area contributed by atoms with Crippen molar-refractivity contribution in [1.29, 1.82) is 0 Å². The molecule has 0 aliphatic heterocycles. The Morgan fingerprint density at radius 1 is 1.44 bits per heavy atom. The van der Waals surface area contributed by atoms with Crippen LogP contribution in [0.1, 0.15) is 16.3 Å². The van der Waals surface area contributed by atoms with Gasteiger partial charge in [-0.1, -0.05) is 0 Å². The van der Waals surface area contributed by atoms with Crippen molar-refractivity contribution in [1.82, 2.24) is 19.3 Å². The number of hydrogen-bond acceptors (Lipinski definition) is 7. The van der Waals surface area contributed by atoms with Crippen LogP contribution in [-0.2, 0) is 0 Å². The van der Waals surface area contributed by atoms with Crippen molar-refractivity contribution in [2.75, 3.05) is 11.1 Å². The molecule has 0 unspecified atom stereocenters. The van der Waals surface area contributed by atoms with Gasteiger partial charge in [0, 0.05) is 11.5 Å². The van der Waals surface area contributed by atoms with Crippen LogP contribution in [0.15, 0.2) is 12.4 Å². The molecule has 0 saturated carbocycles. The van der Waals surface area contributed by atoms with E-state index in [4.69, 9.17) is 5.73 Å². The number of nitrogens with two attached hydrogens (primary N) is 1. The standard InChI is InChI=1S/C8H8N6OS/c1-4-12-8(16-14-4)13-7(15)5-2-11-6(9)3-10-5/h2-3H,1H3,(H2,9,11)(H,12,13,14,15). The molecule has 16 heavy (non-hydrogen) atoms. The summed E-state index contributed by atoms with van der Waals surface area (Å²) in [5, 5.41) is 2.99. The minimum absolute atomic E-state index is 0.182. The molecule has 2 rings (SSSR count). The van der Waals surface area contributed by atoms with Gasteiger partial charge in [-0.15, -0.1) is 0 Å². The van der Waals surface area contributed by atoms with Gasteiger partial charge in [0.2, 0.25) is 5.13 Å². The van der Waals surface area contributed by atoms with E-state index in [-0.39, 0.29) is 17.4 Å². The monoisotopic (exact) mass is 236 g/mol. The molecular formula is C8H8N6OS. The fourth-order valence-electron chi connectivity index (χ4n) is 0.964. The number of carbonyl (C=O) groups is 1. The summed E-state index contributed by atoms with van der Waals surface area (Å²) >= 11 is 1.11. The van der Waals surface area contributed by atoms with Crippen LogP contribution in [-0.4, -0.2) is 25.2 Å². The molecule has 2 aromatic rings. The van der Waals surface area contributed by atoms with E-state index in [2.05, 4.69) is 24.6 Å². The van der Waals surface area contributed by atoms with Crippen LogP contribution in [0.5, 0.6) is 0 Å². The van der Waals surface area contributed by atoms with Crippen molar-refractivity contribution >= 4 is 28.4 Å². The van der Waals surface area contributed by atoms with Gasteiger partial charge >= 0.3 is 0 Å². The molecule has 0 fully saturated rings. The topological polar surface area (TPSA) is 107 Å². The summed E-state index contributed by atoms with van der Waals surface area (Å²) in [7, 11) is 0. The number of aryl methyl sites for hydroxylation is 1. The lowest BCUT2D eigenvalue weighted by Crippen LogP contribution is -2.14. The highest BCUT2D eigenvalue weighted by Crippen LogP contribution is 2.11. The van der Waals surface area contributed by atoms with Gasteiger partial charge in [-0.25, -0.2) is 15.0 Å². The van der Waals surface area contributed by atoms with E-state index in [1.807, 2.05) is 0 Å². The summed E-state index contributed by atoms with van der Waals surface area (Å²) in [6.45, 7) is 1.75. The van der Waals surface area contributed by atoms with E-state index in [0.717, 1.165) is 11.5 Å². The van der Waals surface area contributed by atoms with Crippen molar-refractivity contribution in [2.45, 2.75) is 6.92 Å². The molecular weight excluding hydrogens is 228 g/mol. The summed E-state index contributed by atoms with van der Waals surface area (Å²) in [4.78, 5) is 23.2. The molecule has 3 N–H and O–H groups in total. The first-order valence-electron chi connectivity index (χ1n) is 4.34. The van der Waals surface area contributed by atoms with Gasteiger partial charge in [0.15, 0.2) is 0 Å². The summed E-state index contributed by atoms with van der Waals surface area (Å²) < 4.78 is 3.94. The molecule has 0 aliphatic carbocycles. The van der Waals surface area contributed by atoms with Crippen molar-refractivity contribution in [3.05, 3.63) is 23.9 Å². The predicted octanol–water partition coefficient (Wildman–Crippen LogP) is 0.471. The molecule has 0 aromatic carbocycles. The Bertz CT molecular complexity index is 508. The fourth-order valence-corrected chi connectivity index (χ4v) is 1.53. The molecule has 82 valence electrons. The highest BCUT2D eigenvalue weighted by Gasteiger charge is 2.10. The van der Waals surface area contributed by atoms with Crippen LogP contribution in [0.4, 0.5) is 10.9 Å². The highest BCUT2D eigenvalue weighted by molar-refractivity contribution is 7.09. The third kappa shape index (κ3) is 2.28. The molecule has 2 heterocycles. The first kappa shape index (κ1) is 10.4. The van der Waals surface area contributed by atoms with Gasteiger partial charge in [0.1, 0.15) is 17.3 Å². The second-order valence-corrected chi connectivity index (χ2v) is 3.68. The largest absolute Gasteiger partial charge is 0.382 e. The summed E-state index contributed by atoms with van der Waals surface area (Å²) in [5.41, 5.74) is 5.54. The first-order valence-corrected chi connectivity index (χ1v) is 5.11. The van der Waals surface area contributed by atoms with Gasteiger partial charge in [-0.3, -0.25) is 10.1 Å². The quantitative estimate of drug-likeness (QED) is 0.785. The number of nitrogens with one attached hydrogen (secondary N) is 1. The van der Waals surface area contributed by atoms with Gasteiger partial charge in [0.25, 0.3) is 5.91 Å². The number of aromatic nitrogens is 4. The van der Waals surface area contributed by atoms with E-state index >= 15 is 0 Å². The van der Waals surface area contributed by atoms with Crippen LogP contribution >= 0.6 is 11.5 Å². The zero-order chi connectivity index (χ0) is 11.5. The second-order valence-electron chi connectivity index (χ2n) is 2.93. The van der Waals surface area contributed by atoms with E-state index in [1.165, 1.54) is 12.4 Å². The van der Waals surface area contributed by atoms with Gasteiger partial charge in [0.05, 0.1) is 12.4 Å². The zero-order valence-electron chi connectivity index (χ0n) is 8.34. The Morgan fingerprint density at radius 2 is 2.25 bits per heavy atom. The maximum atomic E-state index is 11.6. The normalized spacial score (nSPS) is 10.1. The van der Waals surface area contributed by atoms with Gasteiger partial charge in [-0.05, 0) is 6.92 Å². The van der Waals surface area contributed by atoms with E-state index in [0.29, 0.717) is 11.0 Å². The maximum absolute atomic E-state index is 11.6. The molecule has 2 aromatic heterocycles. The lowest BCUT2D eigenvalue weighted by Gasteiger charge is -1.99. The molecule has 8 heteroatoms. The SMILES string of the molecule is Cc1nsc(NC(=O)c2cnc(N)cn2)n1. The Balaban J connectivity index is 2.11. The van der Waals surface area contributed by atoms with Crippen molar-refractivity contribution in [2.24, 2.45) is 0 Å². The third-order valence-electron chi connectivity index (χ3n) is 1.65. The number of rotatable bonds is 2. The van der Waals surface area contributed by atoms with Crippen molar-refractivity contribution < 1.29 is 4.79 Å². The highest BCUT2D eigenvalue weighted by atomic mass is 32.1. The zero-order valence-corrected chi connectivity index (χ0v) is 9.15. The second kappa shape index (κ2) is 4.19. The van der Waals surface area contributed by atoms with Crippen LogP contribution in [0, 0.1) is 6.92 Å². The van der Waals surface area contributed by atoms with Crippen LogP contribution in [0.25, 0.3) is 0 Å². The van der Waals surface area contributed by atoms with Gasteiger partial charge < -0.3 is 5.73 Å². The predicted molar refractivity (Wildman–Crippen MR) is 59.0 cm³/mol. The summed E-state index contributed by atoms with van der Waals surface area (Å²) in [5.74, 6) is 0.496. The van der Waals surface area contributed by atoms with Crippen LogP contribution in [0.2, 0.25) is 0 Å². The summed E-state index contributed by atoms with van der Waals surface area (Å²) in [6, 6.07) is 0. The average molecular weight is 236 g/mol. The number of anilines is 2. The molecule has 7 nitrogen and oxygen atoms in total. The molecule has 0 radical (unpaired) electrons. The number of amides is 1. The van der Waals surface area contributed by atoms with Crippen LogP contribution < -0.4 is 11.1 Å². The molecule has 1 amide bonds. The molecule has 0 bridgehead atoms.